The number of sulfonamides is 1. The first-order valence-corrected chi connectivity index (χ1v) is 10.3. The lowest BCUT2D eigenvalue weighted by molar-refractivity contribution is 0.296. The van der Waals surface area contributed by atoms with Crippen molar-refractivity contribution in [3.05, 3.63) is 46.7 Å². The second-order valence-corrected chi connectivity index (χ2v) is 8.68. The molecule has 0 unspecified atom stereocenters. The van der Waals surface area contributed by atoms with Crippen molar-refractivity contribution in [1.29, 1.82) is 0 Å². The van der Waals surface area contributed by atoms with E-state index in [9.17, 15) is 8.42 Å². The molecule has 0 amide bonds. The van der Waals surface area contributed by atoms with Crippen molar-refractivity contribution in [1.82, 2.24) is 9.29 Å². The van der Waals surface area contributed by atoms with Crippen LogP contribution in [0.1, 0.15) is 30.5 Å². The van der Waals surface area contributed by atoms with Gasteiger partial charge < -0.3 is 9.47 Å². The molecule has 0 spiro atoms. The molecule has 3 heterocycles. The lowest BCUT2D eigenvalue weighted by atomic mass is 9.94. The normalized spacial score (nSPS) is 20.3. The van der Waals surface area contributed by atoms with Gasteiger partial charge in [-0.2, -0.15) is 4.31 Å². The molecule has 2 aliphatic heterocycles. The molecule has 0 N–H and O–H groups in total. The van der Waals surface area contributed by atoms with E-state index in [1.807, 2.05) is 19.1 Å². The van der Waals surface area contributed by atoms with Crippen molar-refractivity contribution in [2.75, 3.05) is 19.8 Å². The van der Waals surface area contributed by atoms with E-state index >= 15 is 0 Å². The van der Waals surface area contributed by atoms with Crippen molar-refractivity contribution < 1.29 is 17.9 Å². The molecule has 1 aromatic heterocycles. The number of pyridine rings is 1. The summed E-state index contributed by atoms with van der Waals surface area (Å²) in [5, 5.41) is 0.265. The summed E-state index contributed by atoms with van der Waals surface area (Å²) < 4.78 is 39.1. The van der Waals surface area contributed by atoms with E-state index in [0.717, 1.165) is 23.3 Å². The third-order valence-electron chi connectivity index (χ3n) is 4.80. The maximum atomic E-state index is 13.0. The Hall–Kier alpha value is -1.83. The summed E-state index contributed by atoms with van der Waals surface area (Å²) in [7, 11) is -3.66. The van der Waals surface area contributed by atoms with Gasteiger partial charge >= 0.3 is 0 Å². The number of nitrogens with zero attached hydrogens (tertiary/aromatic N) is 2. The standard InChI is InChI=1S/C18H19ClN2O4S/c1-12-15-10-17-16(24-7-2-8-25-17)9-13(15)5-6-21(12)26(22,23)14-3-4-18(19)20-11-14/h3-4,9-12H,2,5-8H2,1H3/t12-/m1/s1. The molecule has 0 bridgehead atoms. The smallest absolute Gasteiger partial charge is 0.245 e. The van der Waals surface area contributed by atoms with Gasteiger partial charge in [0.15, 0.2) is 11.5 Å². The highest BCUT2D eigenvalue weighted by Crippen LogP contribution is 2.40. The van der Waals surface area contributed by atoms with Gasteiger partial charge in [-0.3, -0.25) is 0 Å². The summed E-state index contributed by atoms with van der Waals surface area (Å²) in [6.45, 7) is 3.52. The third kappa shape index (κ3) is 3.04. The molecule has 2 aromatic rings. The van der Waals surface area contributed by atoms with E-state index in [1.54, 1.807) is 0 Å². The Morgan fingerprint density at radius 2 is 1.92 bits per heavy atom. The van der Waals surface area contributed by atoms with Crippen LogP contribution in [0.3, 0.4) is 0 Å². The molecule has 0 aliphatic carbocycles. The van der Waals surface area contributed by atoms with E-state index < -0.39 is 10.0 Å². The average molecular weight is 395 g/mol. The Morgan fingerprint density at radius 1 is 1.19 bits per heavy atom. The molecule has 26 heavy (non-hydrogen) atoms. The van der Waals surface area contributed by atoms with E-state index in [-0.39, 0.29) is 16.1 Å². The maximum Gasteiger partial charge on any atom is 0.245 e. The van der Waals surface area contributed by atoms with Crippen molar-refractivity contribution in [3.8, 4) is 11.5 Å². The fourth-order valence-corrected chi connectivity index (χ4v) is 5.10. The number of benzene rings is 1. The van der Waals surface area contributed by atoms with Gasteiger partial charge in [0, 0.05) is 25.2 Å². The number of ether oxygens (including phenoxy) is 2. The fourth-order valence-electron chi connectivity index (χ4n) is 3.43. The van der Waals surface area contributed by atoms with Crippen LogP contribution in [0.4, 0.5) is 0 Å². The average Bonchev–Trinajstić information content (AvgIpc) is 2.85. The van der Waals surface area contributed by atoms with Crippen LogP contribution in [0.25, 0.3) is 0 Å². The minimum atomic E-state index is -3.66. The Morgan fingerprint density at radius 3 is 2.62 bits per heavy atom. The fraction of sp³-hybridized carbons (Fsp3) is 0.389. The van der Waals surface area contributed by atoms with E-state index in [1.165, 1.54) is 22.6 Å². The molecule has 138 valence electrons. The lowest BCUT2D eigenvalue weighted by Crippen LogP contribution is -2.38. The first-order chi connectivity index (χ1) is 12.5. The Labute approximate surface area is 157 Å². The molecule has 0 saturated heterocycles. The quantitative estimate of drug-likeness (QED) is 0.731. The van der Waals surface area contributed by atoms with E-state index in [0.29, 0.717) is 31.9 Å². The number of fused-ring (bicyclic) bond motifs is 2. The Kier molecular flexibility index (Phi) is 4.54. The van der Waals surface area contributed by atoms with Crippen molar-refractivity contribution in [2.45, 2.75) is 30.7 Å². The zero-order valence-electron chi connectivity index (χ0n) is 14.3. The van der Waals surface area contributed by atoms with Gasteiger partial charge in [-0.15, -0.1) is 0 Å². The summed E-state index contributed by atoms with van der Waals surface area (Å²) in [6.07, 6.45) is 2.75. The minimum Gasteiger partial charge on any atom is -0.490 e. The highest BCUT2D eigenvalue weighted by Gasteiger charge is 2.35. The van der Waals surface area contributed by atoms with Gasteiger partial charge in [-0.05, 0) is 48.7 Å². The van der Waals surface area contributed by atoms with Crippen LogP contribution in [-0.4, -0.2) is 37.5 Å². The van der Waals surface area contributed by atoms with Crippen molar-refractivity contribution >= 4 is 21.6 Å². The molecule has 6 nitrogen and oxygen atoms in total. The van der Waals surface area contributed by atoms with Crippen LogP contribution in [-0.2, 0) is 16.4 Å². The summed E-state index contributed by atoms with van der Waals surface area (Å²) in [5.41, 5.74) is 2.05. The van der Waals surface area contributed by atoms with Crippen molar-refractivity contribution in [2.24, 2.45) is 0 Å². The second kappa shape index (κ2) is 6.72. The monoisotopic (exact) mass is 394 g/mol. The number of halogens is 1. The van der Waals surface area contributed by atoms with Crippen LogP contribution in [0, 0.1) is 0 Å². The molecule has 4 rings (SSSR count). The van der Waals surface area contributed by atoms with E-state index in [2.05, 4.69) is 4.98 Å². The molecule has 0 fully saturated rings. The minimum absolute atomic E-state index is 0.145. The van der Waals surface area contributed by atoms with Gasteiger partial charge in [0.25, 0.3) is 0 Å². The molecular formula is C18H19ClN2O4S. The second-order valence-electron chi connectivity index (χ2n) is 6.41. The van der Waals surface area contributed by atoms with Crippen LogP contribution < -0.4 is 9.47 Å². The lowest BCUT2D eigenvalue weighted by Gasteiger charge is -2.34. The number of rotatable bonds is 2. The van der Waals surface area contributed by atoms with Crippen LogP contribution >= 0.6 is 11.6 Å². The number of hydrogen-bond acceptors (Lipinski definition) is 5. The third-order valence-corrected chi connectivity index (χ3v) is 6.98. The van der Waals surface area contributed by atoms with Crippen LogP contribution in [0.15, 0.2) is 35.4 Å². The maximum absolute atomic E-state index is 13.0. The molecule has 1 aromatic carbocycles. The van der Waals surface area contributed by atoms with Gasteiger partial charge in [0.1, 0.15) is 10.0 Å². The predicted octanol–water partition coefficient (Wildman–Crippen LogP) is 3.20. The highest BCUT2D eigenvalue weighted by molar-refractivity contribution is 7.89. The molecule has 0 radical (unpaired) electrons. The first kappa shape index (κ1) is 17.6. The number of aromatic nitrogens is 1. The van der Waals surface area contributed by atoms with Crippen LogP contribution in [0.2, 0.25) is 5.15 Å². The summed E-state index contributed by atoms with van der Waals surface area (Å²) in [6, 6.07) is 6.57. The zero-order valence-corrected chi connectivity index (χ0v) is 15.9. The van der Waals surface area contributed by atoms with Gasteiger partial charge in [0.05, 0.1) is 13.2 Å². The topological polar surface area (TPSA) is 68.7 Å². The Balaban J connectivity index is 1.70. The molecule has 2 aliphatic rings. The van der Waals surface area contributed by atoms with E-state index in [4.69, 9.17) is 21.1 Å². The SMILES string of the molecule is C[C@@H]1c2cc3c(cc2CCN1S(=O)(=O)c1ccc(Cl)nc1)OCCCO3. The van der Waals surface area contributed by atoms with Gasteiger partial charge in [0.2, 0.25) is 10.0 Å². The highest BCUT2D eigenvalue weighted by atomic mass is 35.5. The molecule has 1 atom stereocenters. The first-order valence-electron chi connectivity index (χ1n) is 8.52. The predicted molar refractivity (Wildman–Crippen MR) is 97.3 cm³/mol. The number of hydrogen-bond donors (Lipinski definition) is 0. The molecule has 8 heteroatoms. The Bertz CT molecular complexity index is 931. The summed E-state index contributed by atoms with van der Waals surface area (Å²) >= 11 is 5.78. The summed E-state index contributed by atoms with van der Waals surface area (Å²) in [4.78, 5) is 4.05. The molecular weight excluding hydrogens is 376 g/mol. The van der Waals surface area contributed by atoms with Crippen molar-refractivity contribution in [3.63, 3.8) is 0 Å². The molecule has 0 saturated carbocycles. The van der Waals surface area contributed by atoms with Gasteiger partial charge in [-0.1, -0.05) is 11.6 Å². The zero-order chi connectivity index (χ0) is 18.3. The van der Waals surface area contributed by atoms with Gasteiger partial charge in [-0.25, -0.2) is 13.4 Å². The van der Waals surface area contributed by atoms with Crippen LogP contribution in [0.5, 0.6) is 11.5 Å². The summed E-state index contributed by atoms with van der Waals surface area (Å²) in [5.74, 6) is 1.42. The largest absolute Gasteiger partial charge is 0.490 e.